The molecule has 6 heteroatoms. The van der Waals surface area contributed by atoms with Crippen LogP contribution in [0.3, 0.4) is 0 Å². The van der Waals surface area contributed by atoms with Crippen LogP contribution in [0.15, 0.2) is 24.3 Å². The van der Waals surface area contributed by atoms with Crippen LogP contribution >= 0.6 is 11.3 Å². The number of hydrogen-bond acceptors (Lipinski definition) is 5. The summed E-state index contributed by atoms with van der Waals surface area (Å²) in [4.78, 5) is 20.0. The molecule has 2 heterocycles. The van der Waals surface area contributed by atoms with Gasteiger partial charge in [-0.05, 0) is 69.8 Å². The van der Waals surface area contributed by atoms with Crippen molar-refractivity contribution in [2.24, 2.45) is 0 Å². The molecule has 28 heavy (non-hydrogen) atoms. The third kappa shape index (κ3) is 4.39. The minimum Gasteiger partial charge on any atom is -0.494 e. The highest BCUT2D eigenvalue weighted by Crippen LogP contribution is 2.38. The van der Waals surface area contributed by atoms with E-state index >= 15 is 0 Å². The van der Waals surface area contributed by atoms with Crippen LogP contribution < -0.4 is 10.1 Å². The van der Waals surface area contributed by atoms with Gasteiger partial charge < -0.3 is 15.0 Å². The predicted octanol–water partition coefficient (Wildman–Crippen LogP) is 4.19. The van der Waals surface area contributed by atoms with Gasteiger partial charge >= 0.3 is 0 Å². The van der Waals surface area contributed by atoms with Gasteiger partial charge in [-0.3, -0.25) is 4.79 Å². The maximum Gasteiger partial charge on any atom is 0.217 e. The van der Waals surface area contributed by atoms with E-state index in [1.54, 1.807) is 18.3 Å². The lowest BCUT2D eigenvalue weighted by Gasteiger charge is -2.20. The summed E-state index contributed by atoms with van der Waals surface area (Å²) in [5.41, 5.74) is 2.16. The first kappa shape index (κ1) is 19.4. The first-order valence-corrected chi connectivity index (χ1v) is 11.2. The average molecular weight is 400 g/mol. The average Bonchev–Trinajstić information content (AvgIpc) is 3.37. The van der Waals surface area contributed by atoms with Crippen LogP contribution in [0.25, 0.3) is 10.6 Å². The normalized spacial score (nSPS) is 21.6. The molecule has 2 aliphatic rings. The van der Waals surface area contributed by atoms with Gasteiger partial charge in [-0.1, -0.05) is 0 Å². The van der Waals surface area contributed by atoms with E-state index in [2.05, 4.69) is 29.3 Å². The van der Waals surface area contributed by atoms with Gasteiger partial charge in [0.05, 0.1) is 18.3 Å². The number of rotatable bonds is 7. The highest BCUT2D eigenvalue weighted by molar-refractivity contribution is 7.15. The Morgan fingerprint density at radius 2 is 2.14 bits per heavy atom. The molecule has 150 valence electrons. The summed E-state index contributed by atoms with van der Waals surface area (Å²) in [6, 6.07) is 9.03. The van der Waals surface area contributed by atoms with E-state index in [1.165, 1.54) is 24.3 Å². The summed E-state index contributed by atoms with van der Waals surface area (Å²) in [5, 5.41) is 4.03. The maximum atomic E-state index is 11.4. The first-order valence-electron chi connectivity index (χ1n) is 10.3. The zero-order valence-corrected chi connectivity index (χ0v) is 17.6. The van der Waals surface area contributed by atoms with Crippen molar-refractivity contribution in [3.05, 3.63) is 34.8 Å². The number of carbonyl (C=O) groups is 1. The molecule has 1 aromatic heterocycles. The molecular formula is C22H29N3O2S. The van der Waals surface area contributed by atoms with Crippen molar-refractivity contribution in [2.45, 2.75) is 58.0 Å². The van der Waals surface area contributed by atoms with Crippen molar-refractivity contribution in [3.63, 3.8) is 0 Å². The Morgan fingerprint density at radius 1 is 1.32 bits per heavy atom. The quantitative estimate of drug-likeness (QED) is 0.710. The van der Waals surface area contributed by atoms with E-state index in [0.717, 1.165) is 60.5 Å². The van der Waals surface area contributed by atoms with Gasteiger partial charge in [-0.25, -0.2) is 4.98 Å². The van der Waals surface area contributed by atoms with E-state index in [4.69, 9.17) is 9.72 Å². The van der Waals surface area contributed by atoms with Gasteiger partial charge in [0.2, 0.25) is 5.91 Å². The zero-order chi connectivity index (χ0) is 19.5. The Hall–Kier alpha value is -1.92. The second kappa shape index (κ2) is 8.62. The molecule has 2 unspecified atom stereocenters. The summed E-state index contributed by atoms with van der Waals surface area (Å²) in [5.74, 6) is 0.923. The van der Waals surface area contributed by atoms with Crippen molar-refractivity contribution < 1.29 is 9.53 Å². The molecule has 1 aliphatic heterocycles. The van der Waals surface area contributed by atoms with Crippen LogP contribution in [-0.4, -0.2) is 41.5 Å². The summed E-state index contributed by atoms with van der Waals surface area (Å²) >= 11 is 1.74. The van der Waals surface area contributed by atoms with Gasteiger partial charge in [0.25, 0.3) is 0 Å². The number of carbonyl (C=O) groups excluding carboxylic acids is 1. The molecule has 5 nitrogen and oxygen atoms in total. The smallest absolute Gasteiger partial charge is 0.217 e. The minimum absolute atomic E-state index is 0.00749. The van der Waals surface area contributed by atoms with Crippen LogP contribution in [0.1, 0.15) is 56.1 Å². The van der Waals surface area contributed by atoms with Crippen molar-refractivity contribution in [1.29, 1.82) is 0 Å². The van der Waals surface area contributed by atoms with Crippen molar-refractivity contribution >= 4 is 17.2 Å². The van der Waals surface area contributed by atoms with Gasteiger partial charge in [0, 0.05) is 30.0 Å². The molecule has 1 fully saturated rings. The molecule has 0 radical (unpaired) electrons. The number of ether oxygens (including phenoxy) is 1. The molecular weight excluding hydrogens is 370 g/mol. The van der Waals surface area contributed by atoms with Crippen LogP contribution in [0.2, 0.25) is 0 Å². The largest absolute Gasteiger partial charge is 0.494 e. The summed E-state index contributed by atoms with van der Waals surface area (Å²) in [6.45, 7) is 7.00. The van der Waals surface area contributed by atoms with E-state index < -0.39 is 0 Å². The molecule has 1 aliphatic carbocycles. The maximum absolute atomic E-state index is 11.4. The fraction of sp³-hybridized carbons (Fsp3) is 0.545. The monoisotopic (exact) mass is 399 g/mol. The first-order chi connectivity index (χ1) is 13.6. The minimum atomic E-state index is 0.00749. The van der Waals surface area contributed by atoms with Gasteiger partial charge in [0.1, 0.15) is 10.8 Å². The third-order valence-electron chi connectivity index (χ3n) is 5.75. The number of fused-ring (bicyclic) bond motifs is 1. The molecule has 2 aromatic rings. The van der Waals surface area contributed by atoms with Crippen molar-refractivity contribution in [3.8, 4) is 16.3 Å². The number of aryl methyl sites for hydroxylation is 1. The summed E-state index contributed by atoms with van der Waals surface area (Å²) in [7, 11) is 0. The number of amides is 1. The van der Waals surface area contributed by atoms with Crippen LogP contribution in [-0.2, 0) is 11.2 Å². The van der Waals surface area contributed by atoms with Gasteiger partial charge in [-0.2, -0.15) is 0 Å². The fourth-order valence-electron chi connectivity index (χ4n) is 4.21. The highest BCUT2D eigenvalue weighted by Gasteiger charge is 2.28. The summed E-state index contributed by atoms with van der Waals surface area (Å²) in [6.07, 6.45) is 5.67. The number of nitrogens with zero attached hydrogens (tertiary/aromatic N) is 2. The topological polar surface area (TPSA) is 54.5 Å². The Balaban J connectivity index is 1.31. The fourth-order valence-corrected chi connectivity index (χ4v) is 5.36. The molecule has 0 bridgehead atoms. The number of aromatic nitrogens is 1. The molecule has 0 spiro atoms. The van der Waals surface area contributed by atoms with E-state index in [-0.39, 0.29) is 11.9 Å². The zero-order valence-electron chi connectivity index (χ0n) is 16.7. The second-order valence-corrected chi connectivity index (χ2v) is 8.96. The highest BCUT2D eigenvalue weighted by atomic mass is 32.1. The van der Waals surface area contributed by atoms with Crippen LogP contribution in [0.4, 0.5) is 0 Å². The van der Waals surface area contributed by atoms with Crippen molar-refractivity contribution in [2.75, 3.05) is 19.7 Å². The molecule has 1 N–H and O–H groups in total. The van der Waals surface area contributed by atoms with E-state index in [9.17, 15) is 4.79 Å². The van der Waals surface area contributed by atoms with Gasteiger partial charge in [-0.15, -0.1) is 11.3 Å². The molecule has 1 amide bonds. The number of likely N-dealkylation sites (tertiary alicyclic amines) is 1. The number of thiazole rings is 1. The molecule has 1 aromatic carbocycles. The second-order valence-electron chi connectivity index (χ2n) is 7.87. The van der Waals surface area contributed by atoms with Crippen LogP contribution in [0, 0.1) is 0 Å². The predicted molar refractivity (Wildman–Crippen MR) is 113 cm³/mol. The number of hydrogen-bond donors (Lipinski definition) is 1. The lowest BCUT2D eigenvalue weighted by molar-refractivity contribution is -0.119. The Morgan fingerprint density at radius 3 is 2.86 bits per heavy atom. The lowest BCUT2D eigenvalue weighted by atomic mass is 10.2. The number of benzene rings is 1. The standard InChI is InChI=1S/C22H29N3O2S/c1-15-5-3-12-25(15)13-4-14-27-18-8-6-17(7-9-18)22-24-21-19(23-16(2)26)10-11-20(21)28-22/h6-9,15,19H,3-5,10-14H2,1-2H3,(H,23,26). The molecule has 2 atom stereocenters. The molecule has 1 saturated heterocycles. The Kier molecular flexibility index (Phi) is 5.97. The SMILES string of the molecule is CC(=O)NC1CCc2sc(-c3ccc(OCCCN4CCCC4C)cc3)nc21. The van der Waals surface area contributed by atoms with Crippen LogP contribution in [0.5, 0.6) is 5.75 Å². The van der Waals surface area contributed by atoms with Crippen molar-refractivity contribution in [1.82, 2.24) is 15.2 Å². The number of nitrogens with one attached hydrogen (secondary N) is 1. The van der Waals surface area contributed by atoms with Gasteiger partial charge in [0.15, 0.2) is 0 Å². The Labute approximate surface area is 171 Å². The third-order valence-corrected chi connectivity index (χ3v) is 6.93. The Bertz CT molecular complexity index is 818. The lowest BCUT2D eigenvalue weighted by Crippen LogP contribution is -2.28. The molecule has 0 saturated carbocycles. The molecule has 4 rings (SSSR count). The summed E-state index contributed by atoms with van der Waals surface area (Å²) < 4.78 is 5.92. The van der Waals surface area contributed by atoms with E-state index in [0.29, 0.717) is 0 Å². The van der Waals surface area contributed by atoms with E-state index in [1.807, 2.05) is 12.1 Å².